The summed E-state index contributed by atoms with van der Waals surface area (Å²) < 4.78 is 2.12. The Balaban J connectivity index is 2.46. The predicted octanol–water partition coefficient (Wildman–Crippen LogP) is 1.18. The zero-order chi connectivity index (χ0) is 10.8. The van der Waals surface area contributed by atoms with Crippen LogP contribution in [0.4, 0.5) is 5.69 Å². The van der Waals surface area contributed by atoms with Crippen molar-refractivity contribution >= 4 is 28.3 Å². The molecule has 0 N–H and O–H groups in total. The Morgan fingerprint density at radius 1 is 1.47 bits per heavy atom. The lowest BCUT2D eigenvalue weighted by atomic mass is 10.5. The van der Waals surface area contributed by atoms with Gasteiger partial charge in [-0.2, -0.15) is 5.10 Å². The van der Waals surface area contributed by atoms with Gasteiger partial charge in [0.1, 0.15) is 18.7 Å². The number of halogens is 1. The van der Waals surface area contributed by atoms with Crippen molar-refractivity contribution in [2.45, 2.75) is 0 Å². The van der Waals surface area contributed by atoms with Crippen LogP contribution in [-0.4, -0.2) is 24.7 Å². The van der Waals surface area contributed by atoms with E-state index in [9.17, 15) is 10.1 Å². The summed E-state index contributed by atoms with van der Waals surface area (Å²) in [6, 6.07) is 0. The van der Waals surface area contributed by atoms with Crippen molar-refractivity contribution in [2.24, 2.45) is 0 Å². The van der Waals surface area contributed by atoms with E-state index in [2.05, 4.69) is 15.1 Å². The Morgan fingerprint density at radius 3 is 2.87 bits per heavy atom. The molecule has 0 fully saturated rings. The molecule has 15 heavy (non-hydrogen) atoms. The molecule has 0 saturated carbocycles. The highest BCUT2D eigenvalue weighted by molar-refractivity contribution is 14.1. The zero-order valence-electron chi connectivity index (χ0n) is 7.24. The molecule has 7 nitrogen and oxygen atoms in total. The fourth-order valence-electron chi connectivity index (χ4n) is 0.998. The number of hydrogen-bond donors (Lipinski definition) is 0. The van der Waals surface area contributed by atoms with Crippen molar-refractivity contribution in [3.8, 4) is 5.82 Å². The summed E-state index contributed by atoms with van der Waals surface area (Å²) in [6.45, 7) is 0. The monoisotopic (exact) mass is 317 g/mol. The maximum atomic E-state index is 10.4. The van der Waals surface area contributed by atoms with Crippen LogP contribution in [0.25, 0.3) is 5.82 Å². The summed E-state index contributed by atoms with van der Waals surface area (Å²) in [5.74, 6) is 0.527. The maximum Gasteiger partial charge on any atom is 0.307 e. The Bertz CT molecular complexity index is 512. The third-order valence-electron chi connectivity index (χ3n) is 1.64. The molecule has 76 valence electrons. The minimum absolute atomic E-state index is 0.0654. The van der Waals surface area contributed by atoms with Gasteiger partial charge in [0.15, 0.2) is 5.82 Å². The molecule has 0 unspecified atom stereocenters. The minimum atomic E-state index is -0.502. The Morgan fingerprint density at radius 2 is 2.27 bits per heavy atom. The van der Waals surface area contributed by atoms with Crippen molar-refractivity contribution in [2.75, 3.05) is 0 Å². The van der Waals surface area contributed by atoms with Crippen molar-refractivity contribution in [1.82, 2.24) is 19.7 Å². The highest BCUT2D eigenvalue weighted by Gasteiger charge is 2.12. The van der Waals surface area contributed by atoms with Gasteiger partial charge < -0.3 is 0 Å². The van der Waals surface area contributed by atoms with E-state index in [1.165, 1.54) is 23.4 Å². The summed E-state index contributed by atoms with van der Waals surface area (Å²) >= 11 is 2.03. The average Bonchev–Trinajstić information content (AvgIpc) is 2.67. The standard InChI is InChI=1S/C7H4IN5O2/c8-6-2-9-4-10-7(6)12-3-5(1-11-12)13(14)15/h1-4H. The molecule has 0 spiro atoms. The molecular weight excluding hydrogens is 313 g/mol. The lowest BCUT2D eigenvalue weighted by molar-refractivity contribution is -0.384. The first-order valence-electron chi connectivity index (χ1n) is 3.83. The van der Waals surface area contributed by atoms with Gasteiger partial charge >= 0.3 is 5.69 Å². The highest BCUT2D eigenvalue weighted by Crippen LogP contribution is 2.15. The molecule has 0 aliphatic heterocycles. The molecule has 0 aliphatic rings. The van der Waals surface area contributed by atoms with Crippen LogP contribution in [-0.2, 0) is 0 Å². The number of aromatic nitrogens is 4. The SMILES string of the molecule is O=[N+]([O-])c1cnn(-c2ncncc2I)c1. The average molecular weight is 317 g/mol. The van der Waals surface area contributed by atoms with Gasteiger partial charge in [0.25, 0.3) is 0 Å². The molecule has 2 heterocycles. The number of nitrogens with zero attached hydrogens (tertiary/aromatic N) is 5. The molecule has 0 bridgehead atoms. The van der Waals surface area contributed by atoms with Crippen molar-refractivity contribution in [3.05, 3.63) is 38.6 Å². The fraction of sp³-hybridized carbons (Fsp3) is 0. The van der Waals surface area contributed by atoms with Gasteiger partial charge in [0.2, 0.25) is 0 Å². The van der Waals surface area contributed by atoms with Gasteiger partial charge in [0.05, 0.1) is 8.49 Å². The molecular formula is C7H4IN5O2. The Hall–Kier alpha value is -1.58. The summed E-state index contributed by atoms with van der Waals surface area (Å²) in [5.41, 5.74) is -0.0654. The van der Waals surface area contributed by atoms with E-state index in [1.807, 2.05) is 22.6 Å². The van der Waals surface area contributed by atoms with Crippen molar-refractivity contribution in [1.29, 1.82) is 0 Å². The van der Waals surface area contributed by atoms with Crippen LogP contribution < -0.4 is 0 Å². The third kappa shape index (κ3) is 1.93. The van der Waals surface area contributed by atoms with Gasteiger partial charge in [0, 0.05) is 6.20 Å². The normalized spacial score (nSPS) is 10.2. The van der Waals surface area contributed by atoms with Crippen LogP contribution in [0.2, 0.25) is 0 Å². The zero-order valence-corrected chi connectivity index (χ0v) is 9.40. The second-order valence-electron chi connectivity index (χ2n) is 2.59. The Labute approximate surface area is 97.4 Å². The van der Waals surface area contributed by atoms with E-state index in [4.69, 9.17) is 0 Å². The topological polar surface area (TPSA) is 86.7 Å². The van der Waals surface area contributed by atoms with E-state index >= 15 is 0 Å². The van der Waals surface area contributed by atoms with E-state index in [1.54, 1.807) is 6.20 Å². The molecule has 0 amide bonds. The first-order chi connectivity index (χ1) is 7.18. The summed E-state index contributed by atoms with van der Waals surface area (Å²) in [4.78, 5) is 17.7. The van der Waals surface area contributed by atoms with Crippen molar-refractivity contribution in [3.63, 3.8) is 0 Å². The van der Waals surface area contributed by atoms with E-state index in [0.717, 1.165) is 3.57 Å². The quantitative estimate of drug-likeness (QED) is 0.471. The molecule has 2 rings (SSSR count). The fourth-order valence-corrected chi connectivity index (χ4v) is 1.55. The maximum absolute atomic E-state index is 10.4. The lowest BCUT2D eigenvalue weighted by Crippen LogP contribution is -2.01. The van der Waals surface area contributed by atoms with Gasteiger partial charge in [-0.1, -0.05) is 0 Å². The summed E-state index contributed by atoms with van der Waals surface area (Å²) in [7, 11) is 0. The largest absolute Gasteiger partial charge is 0.307 e. The highest BCUT2D eigenvalue weighted by atomic mass is 127. The van der Waals surface area contributed by atoms with E-state index in [-0.39, 0.29) is 5.69 Å². The molecule has 0 saturated heterocycles. The number of nitro groups is 1. The molecule has 0 atom stereocenters. The molecule has 0 aromatic carbocycles. The van der Waals surface area contributed by atoms with Gasteiger partial charge in [-0.3, -0.25) is 10.1 Å². The summed E-state index contributed by atoms with van der Waals surface area (Å²) in [5, 5.41) is 14.3. The number of rotatable bonds is 2. The van der Waals surface area contributed by atoms with Crippen LogP contribution in [0.5, 0.6) is 0 Å². The molecule has 2 aromatic heterocycles. The molecule has 2 aromatic rings. The lowest BCUT2D eigenvalue weighted by Gasteiger charge is -1.99. The summed E-state index contributed by atoms with van der Waals surface area (Å²) in [6.07, 6.45) is 5.46. The molecule has 0 radical (unpaired) electrons. The first kappa shape index (κ1) is 9.96. The van der Waals surface area contributed by atoms with Crippen LogP contribution >= 0.6 is 22.6 Å². The Kier molecular flexibility index (Phi) is 2.58. The van der Waals surface area contributed by atoms with E-state index < -0.39 is 4.92 Å². The van der Waals surface area contributed by atoms with Crippen molar-refractivity contribution < 1.29 is 4.92 Å². The predicted molar refractivity (Wildman–Crippen MR) is 58.5 cm³/mol. The molecule has 8 heteroatoms. The van der Waals surface area contributed by atoms with Gasteiger partial charge in [-0.25, -0.2) is 14.6 Å². The van der Waals surface area contributed by atoms with Gasteiger partial charge in [-0.15, -0.1) is 0 Å². The van der Waals surface area contributed by atoms with Crippen LogP contribution in [0, 0.1) is 13.7 Å². The minimum Gasteiger partial charge on any atom is -0.258 e. The first-order valence-corrected chi connectivity index (χ1v) is 4.91. The third-order valence-corrected chi connectivity index (χ3v) is 2.41. The molecule has 0 aliphatic carbocycles. The second-order valence-corrected chi connectivity index (χ2v) is 3.76. The van der Waals surface area contributed by atoms with Gasteiger partial charge in [-0.05, 0) is 22.6 Å². The smallest absolute Gasteiger partial charge is 0.258 e. The van der Waals surface area contributed by atoms with Crippen LogP contribution in [0.3, 0.4) is 0 Å². The number of hydrogen-bond acceptors (Lipinski definition) is 5. The van der Waals surface area contributed by atoms with E-state index in [0.29, 0.717) is 5.82 Å². The van der Waals surface area contributed by atoms with Crippen LogP contribution in [0.15, 0.2) is 24.9 Å². The second kappa shape index (κ2) is 3.88. The van der Waals surface area contributed by atoms with Crippen LogP contribution in [0.1, 0.15) is 0 Å².